The van der Waals surface area contributed by atoms with E-state index in [4.69, 9.17) is 0 Å². The standard InChI is InChI=1S/C26H20N2O5S/c1-15(34-23-9-5-3-7-19(23)25(30)31)24(29)27-17-12-10-16(11-13-17)22-14-20(26(32)33)18-6-2-4-8-21(18)28-22/h2-15H,1H3,(H,27,29)(H,30,31)(H,32,33). The van der Waals surface area contributed by atoms with Gasteiger partial charge in [-0.3, -0.25) is 4.79 Å². The number of carboxylic acid groups (broad SMARTS) is 2. The number of carbonyl (C=O) groups excluding carboxylic acids is 1. The lowest BCUT2D eigenvalue weighted by Crippen LogP contribution is -2.22. The highest BCUT2D eigenvalue weighted by atomic mass is 32.2. The van der Waals surface area contributed by atoms with E-state index in [9.17, 15) is 24.6 Å². The van der Waals surface area contributed by atoms with Crippen molar-refractivity contribution in [2.45, 2.75) is 17.1 Å². The Bertz CT molecular complexity index is 1400. The number of rotatable bonds is 7. The number of thioether (sulfide) groups is 1. The monoisotopic (exact) mass is 472 g/mol. The van der Waals surface area contributed by atoms with E-state index in [1.165, 1.54) is 23.9 Å². The maximum absolute atomic E-state index is 12.7. The number of nitrogens with zero attached hydrogens (tertiary/aromatic N) is 1. The van der Waals surface area contributed by atoms with Crippen LogP contribution in [0.1, 0.15) is 27.6 Å². The molecule has 1 aromatic heterocycles. The molecular weight excluding hydrogens is 452 g/mol. The van der Waals surface area contributed by atoms with Gasteiger partial charge in [0.15, 0.2) is 0 Å². The van der Waals surface area contributed by atoms with Crippen LogP contribution in [0.3, 0.4) is 0 Å². The quantitative estimate of drug-likeness (QED) is 0.308. The van der Waals surface area contributed by atoms with Gasteiger partial charge in [0, 0.05) is 21.5 Å². The predicted octanol–water partition coefficient (Wildman–Crippen LogP) is 5.42. The van der Waals surface area contributed by atoms with Gasteiger partial charge in [-0.15, -0.1) is 11.8 Å². The molecule has 3 aromatic carbocycles. The number of fused-ring (bicyclic) bond motifs is 1. The number of pyridine rings is 1. The summed E-state index contributed by atoms with van der Waals surface area (Å²) in [5, 5.41) is 21.8. The Kier molecular flexibility index (Phi) is 6.60. The summed E-state index contributed by atoms with van der Waals surface area (Å²) in [4.78, 5) is 40.9. The molecule has 0 saturated heterocycles. The van der Waals surface area contributed by atoms with Crippen LogP contribution in [-0.4, -0.2) is 38.3 Å². The lowest BCUT2D eigenvalue weighted by molar-refractivity contribution is -0.115. The summed E-state index contributed by atoms with van der Waals surface area (Å²) in [6, 6.07) is 22.1. The maximum atomic E-state index is 12.7. The smallest absolute Gasteiger partial charge is 0.336 e. The first-order valence-electron chi connectivity index (χ1n) is 10.4. The molecule has 0 fully saturated rings. The molecule has 1 amide bonds. The molecule has 1 unspecified atom stereocenters. The van der Waals surface area contributed by atoms with Crippen LogP contribution >= 0.6 is 11.8 Å². The van der Waals surface area contributed by atoms with Crippen molar-refractivity contribution >= 4 is 46.2 Å². The van der Waals surface area contributed by atoms with E-state index in [2.05, 4.69) is 10.3 Å². The zero-order valence-corrected chi connectivity index (χ0v) is 18.9. The van der Waals surface area contributed by atoms with Crippen molar-refractivity contribution in [2.75, 3.05) is 5.32 Å². The molecule has 0 bridgehead atoms. The van der Waals surface area contributed by atoms with Gasteiger partial charge in [0.1, 0.15) is 0 Å². The SMILES string of the molecule is CC(Sc1ccccc1C(=O)O)C(=O)Nc1ccc(-c2cc(C(=O)O)c3ccccc3n2)cc1. The first-order valence-corrected chi connectivity index (χ1v) is 11.2. The van der Waals surface area contributed by atoms with E-state index in [1.807, 2.05) is 0 Å². The number of aromatic carboxylic acids is 2. The van der Waals surface area contributed by atoms with Crippen molar-refractivity contribution in [3.8, 4) is 11.3 Å². The van der Waals surface area contributed by atoms with Crippen molar-refractivity contribution in [3.63, 3.8) is 0 Å². The van der Waals surface area contributed by atoms with Crippen LogP contribution in [0.15, 0.2) is 83.8 Å². The van der Waals surface area contributed by atoms with Crippen LogP contribution in [0.5, 0.6) is 0 Å². The second kappa shape index (κ2) is 9.76. The van der Waals surface area contributed by atoms with Crippen LogP contribution in [0.2, 0.25) is 0 Å². The van der Waals surface area contributed by atoms with Gasteiger partial charge in [0.2, 0.25) is 5.91 Å². The minimum atomic E-state index is -1.04. The molecule has 170 valence electrons. The highest BCUT2D eigenvalue weighted by molar-refractivity contribution is 8.00. The summed E-state index contributed by atoms with van der Waals surface area (Å²) in [5.74, 6) is -2.34. The van der Waals surface area contributed by atoms with Gasteiger partial charge in [-0.05, 0) is 43.3 Å². The second-order valence-corrected chi connectivity index (χ2v) is 8.89. The van der Waals surface area contributed by atoms with Crippen LogP contribution in [-0.2, 0) is 4.79 Å². The number of hydrogen-bond acceptors (Lipinski definition) is 5. The lowest BCUT2D eigenvalue weighted by atomic mass is 10.0. The molecule has 7 nitrogen and oxygen atoms in total. The molecule has 0 aliphatic rings. The molecule has 1 atom stereocenters. The summed E-state index contributed by atoms with van der Waals surface area (Å²) >= 11 is 1.17. The molecular formula is C26H20N2O5S. The first-order chi connectivity index (χ1) is 16.3. The Labute approximate surface area is 199 Å². The van der Waals surface area contributed by atoms with E-state index >= 15 is 0 Å². The molecule has 0 radical (unpaired) electrons. The zero-order chi connectivity index (χ0) is 24.2. The van der Waals surface area contributed by atoms with Gasteiger partial charge in [-0.2, -0.15) is 0 Å². The van der Waals surface area contributed by atoms with Gasteiger partial charge in [-0.1, -0.05) is 42.5 Å². The van der Waals surface area contributed by atoms with E-state index < -0.39 is 17.2 Å². The minimum absolute atomic E-state index is 0.153. The fraction of sp³-hybridized carbons (Fsp3) is 0.0769. The molecule has 8 heteroatoms. The third-order valence-corrected chi connectivity index (χ3v) is 6.36. The normalized spacial score (nSPS) is 11.7. The van der Waals surface area contributed by atoms with Gasteiger partial charge in [0.05, 0.1) is 27.6 Å². The molecule has 3 N–H and O–H groups in total. The Morgan fingerprint density at radius 2 is 1.50 bits per heavy atom. The number of hydrogen-bond donors (Lipinski definition) is 3. The number of para-hydroxylation sites is 1. The summed E-state index contributed by atoms with van der Waals surface area (Å²) in [5.41, 5.74) is 2.70. The number of carboxylic acids is 2. The molecule has 0 saturated carbocycles. The average Bonchev–Trinajstić information content (AvgIpc) is 2.83. The van der Waals surface area contributed by atoms with Crippen molar-refractivity contribution in [3.05, 3.63) is 90.0 Å². The minimum Gasteiger partial charge on any atom is -0.478 e. The number of benzene rings is 3. The third kappa shape index (κ3) is 4.92. The molecule has 1 heterocycles. The van der Waals surface area contributed by atoms with Crippen molar-refractivity contribution < 1.29 is 24.6 Å². The zero-order valence-electron chi connectivity index (χ0n) is 18.1. The average molecular weight is 473 g/mol. The summed E-state index contributed by atoms with van der Waals surface area (Å²) in [6.45, 7) is 1.71. The fourth-order valence-corrected chi connectivity index (χ4v) is 4.44. The molecule has 0 aliphatic carbocycles. The number of amides is 1. The Morgan fingerprint density at radius 1 is 0.853 bits per heavy atom. The Morgan fingerprint density at radius 3 is 2.21 bits per heavy atom. The van der Waals surface area contributed by atoms with Gasteiger partial charge >= 0.3 is 11.9 Å². The van der Waals surface area contributed by atoms with Crippen LogP contribution in [0, 0.1) is 0 Å². The highest BCUT2D eigenvalue weighted by Crippen LogP contribution is 2.29. The van der Waals surface area contributed by atoms with Crippen LogP contribution in [0.4, 0.5) is 5.69 Å². The van der Waals surface area contributed by atoms with E-state index in [1.54, 1.807) is 73.7 Å². The predicted molar refractivity (Wildman–Crippen MR) is 131 cm³/mol. The second-order valence-electron chi connectivity index (χ2n) is 7.51. The molecule has 0 spiro atoms. The van der Waals surface area contributed by atoms with Crippen LogP contribution in [0.25, 0.3) is 22.2 Å². The van der Waals surface area contributed by atoms with Gasteiger partial charge < -0.3 is 15.5 Å². The van der Waals surface area contributed by atoms with E-state index in [-0.39, 0.29) is 17.0 Å². The van der Waals surface area contributed by atoms with Gasteiger partial charge in [-0.25, -0.2) is 14.6 Å². The lowest BCUT2D eigenvalue weighted by Gasteiger charge is -2.14. The number of nitrogens with one attached hydrogen (secondary N) is 1. The molecule has 4 aromatic rings. The Balaban J connectivity index is 1.51. The summed E-state index contributed by atoms with van der Waals surface area (Å²) in [6.07, 6.45) is 0. The first kappa shape index (κ1) is 23.0. The van der Waals surface area contributed by atoms with E-state index in [0.717, 1.165) is 0 Å². The number of carbonyl (C=O) groups is 3. The summed E-state index contributed by atoms with van der Waals surface area (Å²) in [7, 11) is 0. The highest BCUT2D eigenvalue weighted by Gasteiger charge is 2.19. The third-order valence-electron chi connectivity index (χ3n) is 5.19. The molecule has 0 aliphatic heterocycles. The number of anilines is 1. The molecule has 4 rings (SSSR count). The summed E-state index contributed by atoms with van der Waals surface area (Å²) < 4.78 is 0. The maximum Gasteiger partial charge on any atom is 0.336 e. The van der Waals surface area contributed by atoms with Crippen molar-refractivity contribution in [1.29, 1.82) is 0 Å². The Hall–Kier alpha value is -4.17. The van der Waals surface area contributed by atoms with Gasteiger partial charge in [0.25, 0.3) is 0 Å². The molecule has 34 heavy (non-hydrogen) atoms. The van der Waals surface area contributed by atoms with Crippen molar-refractivity contribution in [1.82, 2.24) is 4.98 Å². The van der Waals surface area contributed by atoms with Crippen LogP contribution < -0.4 is 5.32 Å². The number of aromatic nitrogens is 1. The fourth-order valence-electron chi connectivity index (χ4n) is 3.46. The largest absolute Gasteiger partial charge is 0.478 e. The van der Waals surface area contributed by atoms with E-state index in [0.29, 0.717) is 32.7 Å². The van der Waals surface area contributed by atoms with Crippen molar-refractivity contribution in [2.24, 2.45) is 0 Å². The topological polar surface area (TPSA) is 117 Å².